The van der Waals surface area contributed by atoms with Crippen molar-refractivity contribution in [1.82, 2.24) is 10.9 Å². The zero-order valence-electron chi connectivity index (χ0n) is 5.93. The molecule has 1 fully saturated rings. The Labute approximate surface area is 61.0 Å². The lowest BCUT2D eigenvalue weighted by Crippen LogP contribution is -2.44. The molecule has 2 nitrogen and oxygen atoms in total. The molecule has 0 aromatic carbocycles. The quantitative estimate of drug-likeness (QED) is 0.509. The Balaban J connectivity index is 2.14. The highest BCUT2D eigenvalue weighted by Gasteiger charge is 2.17. The van der Waals surface area contributed by atoms with Crippen molar-refractivity contribution in [3.05, 3.63) is 23.8 Å². The zero-order chi connectivity index (χ0) is 6.81. The van der Waals surface area contributed by atoms with Crippen LogP contribution >= 0.6 is 0 Å². The second-order valence-corrected chi connectivity index (χ2v) is 2.84. The van der Waals surface area contributed by atoms with E-state index in [0.29, 0.717) is 0 Å². The van der Waals surface area contributed by atoms with Crippen LogP contribution in [-0.4, -0.2) is 13.1 Å². The van der Waals surface area contributed by atoms with Gasteiger partial charge in [0.2, 0.25) is 0 Å². The van der Waals surface area contributed by atoms with Crippen LogP contribution in [0.15, 0.2) is 23.8 Å². The highest BCUT2D eigenvalue weighted by atomic mass is 15.4. The third-order valence-corrected chi connectivity index (χ3v) is 2.16. The molecule has 54 valence electrons. The summed E-state index contributed by atoms with van der Waals surface area (Å²) in [5, 5.41) is 0. The van der Waals surface area contributed by atoms with Crippen LogP contribution in [0.3, 0.4) is 0 Å². The molecule has 1 heterocycles. The maximum Gasteiger partial charge on any atom is 0.0316 e. The summed E-state index contributed by atoms with van der Waals surface area (Å²) in [5.74, 6) is 0.756. The Morgan fingerprint density at radius 3 is 3.30 bits per heavy atom. The summed E-state index contributed by atoms with van der Waals surface area (Å²) in [6.45, 7) is 2.09. The Hall–Kier alpha value is -0.600. The molecular formula is C8H12N2. The van der Waals surface area contributed by atoms with E-state index in [2.05, 4.69) is 29.1 Å². The van der Waals surface area contributed by atoms with Crippen LogP contribution in [0.2, 0.25) is 0 Å². The van der Waals surface area contributed by atoms with Gasteiger partial charge in [-0.1, -0.05) is 23.8 Å². The summed E-state index contributed by atoms with van der Waals surface area (Å²) in [7, 11) is 0. The lowest BCUT2D eigenvalue weighted by molar-refractivity contribution is 0.413. The molecule has 1 saturated heterocycles. The maximum atomic E-state index is 3.16. The van der Waals surface area contributed by atoms with Crippen LogP contribution in [0.1, 0.15) is 6.42 Å². The Kier molecular flexibility index (Phi) is 1.57. The van der Waals surface area contributed by atoms with Crippen LogP contribution < -0.4 is 10.9 Å². The molecular weight excluding hydrogens is 124 g/mol. The minimum absolute atomic E-state index is 0.756. The van der Waals surface area contributed by atoms with Crippen LogP contribution in [-0.2, 0) is 0 Å². The normalized spacial score (nSPS) is 31.2. The third kappa shape index (κ3) is 1.00. The van der Waals surface area contributed by atoms with E-state index < -0.39 is 0 Å². The second-order valence-electron chi connectivity index (χ2n) is 2.84. The molecule has 1 aliphatic carbocycles. The average molecular weight is 136 g/mol. The van der Waals surface area contributed by atoms with Gasteiger partial charge in [0.1, 0.15) is 0 Å². The van der Waals surface area contributed by atoms with Crippen LogP contribution in [0.4, 0.5) is 0 Å². The molecule has 2 N–H and O–H groups in total. The average Bonchev–Trinajstić information content (AvgIpc) is 2.05. The number of rotatable bonds is 0. The predicted octanol–water partition coefficient (Wildman–Crippen LogP) is 0.597. The summed E-state index contributed by atoms with van der Waals surface area (Å²) in [4.78, 5) is 0. The van der Waals surface area contributed by atoms with E-state index >= 15 is 0 Å². The Morgan fingerprint density at radius 1 is 1.40 bits per heavy atom. The number of nitrogens with one attached hydrogen (secondary N) is 2. The molecule has 2 heteroatoms. The van der Waals surface area contributed by atoms with Gasteiger partial charge in [0.05, 0.1) is 0 Å². The van der Waals surface area contributed by atoms with E-state index in [-0.39, 0.29) is 0 Å². The highest BCUT2D eigenvalue weighted by Crippen LogP contribution is 2.20. The van der Waals surface area contributed by atoms with Crippen LogP contribution in [0, 0.1) is 5.92 Å². The van der Waals surface area contributed by atoms with Crippen LogP contribution in [0.5, 0.6) is 0 Å². The monoisotopic (exact) mass is 136 g/mol. The van der Waals surface area contributed by atoms with Crippen molar-refractivity contribution >= 4 is 0 Å². The molecule has 0 radical (unpaired) electrons. The fraction of sp³-hybridized carbons (Fsp3) is 0.500. The van der Waals surface area contributed by atoms with Gasteiger partial charge < -0.3 is 0 Å². The third-order valence-electron chi connectivity index (χ3n) is 2.16. The van der Waals surface area contributed by atoms with Crippen molar-refractivity contribution in [3.63, 3.8) is 0 Å². The van der Waals surface area contributed by atoms with Gasteiger partial charge in [-0.3, -0.25) is 10.9 Å². The summed E-state index contributed by atoms with van der Waals surface area (Å²) < 4.78 is 0. The van der Waals surface area contributed by atoms with Crippen molar-refractivity contribution in [2.24, 2.45) is 5.92 Å². The first kappa shape index (κ1) is 6.13. The van der Waals surface area contributed by atoms with Crippen LogP contribution in [0.25, 0.3) is 0 Å². The van der Waals surface area contributed by atoms with E-state index in [4.69, 9.17) is 0 Å². The number of hydrazine groups is 1. The van der Waals surface area contributed by atoms with Gasteiger partial charge in [-0.15, -0.1) is 0 Å². The summed E-state index contributed by atoms with van der Waals surface area (Å²) in [5.41, 5.74) is 7.83. The summed E-state index contributed by atoms with van der Waals surface area (Å²) >= 11 is 0. The van der Waals surface area contributed by atoms with Crippen molar-refractivity contribution in [2.75, 3.05) is 13.1 Å². The first-order chi connectivity index (χ1) is 4.97. The number of allylic oxidation sites excluding steroid dienone is 3. The van der Waals surface area contributed by atoms with Gasteiger partial charge >= 0.3 is 0 Å². The molecule has 1 aliphatic heterocycles. The minimum atomic E-state index is 0.756. The first-order valence-electron chi connectivity index (χ1n) is 3.78. The van der Waals surface area contributed by atoms with Crippen molar-refractivity contribution in [1.29, 1.82) is 0 Å². The lowest BCUT2D eigenvalue weighted by atomic mass is 9.90. The second kappa shape index (κ2) is 2.56. The molecule has 0 saturated carbocycles. The molecule has 0 amide bonds. The van der Waals surface area contributed by atoms with Gasteiger partial charge in [0.15, 0.2) is 0 Å². The minimum Gasteiger partial charge on any atom is -0.257 e. The largest absolute Gasteiger partial charge is 0.257 e. The molecule has 10 heavy (non-hydrogen) atoms. The maximum absolute atomic E-state index is 3.16. The molecule has 0 spiro atoms. The van der Waals surface area contributed by atoms with Crippen molar-refractivity contribution in [2.45, 2.75) is 6.42 Å². The fourth-order valence-corrected chi connectivity index (χ4v) is 1.50. The lowest BCUT2D eigenvalue weighted by Gasteiger charge is -2.27. The van der Waals surface area contributed by atoms with E-state index in [1.807, 2.05) is 0 Å². The molecule has 1 unspecified atom stereocenters. The zero-order valence-corrected chi connectivity index (χ0v) is 5.93. The van der Waals surface area contributed by atoms with E-state index in [0.717, 1.165) is 19.0 Å². The topological polar surface area (TPSA) is 24.1 Å². The molecule has 0 bridgehead atoms. The molecule has 0 aromatic heterocycles. The van der Waals surface area contributed by atoms with E-state index in [1.165, 1.54) is 6.42 Å². The number of hydrogen-bond acceptors (Lipinski definition) is 2. The Bertz CT molecular complexity index is 182. The van der Waals surface area contributed by atoms with Gasteiger partial charge in [0.25, 0.3) is 0 Å². The molecule has 2 rings (SSSR count). The standard InChI is InChI=1S/C8H12N2/c1-2-4-8-6-10-9-5-7(8)3-1/h1-3,8-10H,4-6H2. The van der Waals surface area contributed by atoms with Gasteiger partial charge in [-0.2, -0.15) is 0 Å². The number of hydrogen-bond donors (Lipinski definition) is 2. The Morgan fingerprint density at radius 2 is 2.40 bits per heavy atom. The fourth-order valence-electron chi connectivity index (χ4n) is 1.50. The SMILES string of the molecule is C1=CCC2CNNCC2=C1. The first-order valence-corrected chi connectivity index (χ1v) is 3.78. The summed E-state index contributed by atoms with van der Waals surface area (Å²) in [6, 6.07) is 0. The molecule has 2 aliphatic rings. The van der Waals surface area contributed by atoms with Crippen molar-refractivity contribution in [3.8, 4) is 0 Å². The summed E-state index contributed by atoms with van der Waals surface area (Å²) in [6.07, 6.45) is 7.82. The van der Waals surface area contributed by atoms with E-state index in [1.54, 1.807) is 5.57 Å². The van der Waals surface area contributed by atoms with Gasteiger partial charge in [-0.25, -0.2) is 0 Å². The van der Waals surface area contributed by atoms with E-state index in [9.17, 15) is 0 Å². The van der Waals surface area contributed by atoms with Gasteiger partial charge in [0, 0.05) is 13.1 Å². The molecule has 1 atom stereocenters. The predicted molar refractivity (Wildman–Crippen MR) is 41.3 cm³/mol. The van der Waals surface area contributed by atoms with Crippen molar-refractivity contribution < 1.29 is 0 Å². The highest BCUT2D eigenvalue weighted by molar-refractivity contribution is 5.23. The molecule has 0 aromatic rings. The number of fused-ring (bicyclic) bond motifs is 1. The van der Waals surface area contributed by atoms with Gasteiger partial charge in [-0.05, 0) is 12.3 Å². The smallest absolute Gasteiger partial charge is 0.0316 e.